The van der Waals surface area contributed by atoms with Crippen molar-refractivity contribution in [2.75, 3.05) is 0 Å². The lowest BCUT2D eigenvalue weighted by Gasteiger charge is -2.61. The lowest BCUT2D eigenvalue weighted by Crippen LogP contribution is -2.67. The summed E-state index contributed by atoms with van der Waals surface area (Å²) in [5.74, 6) is -2.00. The Kier molecular flexibility index (Phi) is 3.87. The third kappa shape index (κ3) is 2.02. The average Bonchev–Trinajstić information content (AvgIpc) is 2.92. The standard InChI is InChI=1S/C21H30O5/c1-11(22)14-6-7-15-13-5-4-12-10-17(23)18(24)21(25,26)20(12,3)16(13)8-9-19(14,15)2/h10,13-16,18,24-26H,4-9H2,1-3H3/t13-,14+,15-,16-,18?,19+,20-/m0/s1. The highest BCUT2D eigenvalue weighted by atomic mass is 16.5. The largest absolute Gasteiger partial charge is 0.379 e. The molecule has 0 heterocycles. The van der Waals surface area contributed by atoms with E-state index in [0.717, 1.165) is 37.7 Å². The SMILES string of the molecule is CC(=O)[C@H]1CC[C@H]2[C@@H]3CCC4=CC(=O)C(O)C(O)(O)[C@]4(C)[C@H]3CC[C@]12C. The molecule has 1 unspecified atom stereocenters. The number of hydrogen-bond donors (Lipinski definition) is 3. The number of rotatable bonds is 1. The molecule has 0 bridgehead atoms. The highest BCUT2D eigenvalue weighted by Crippen LogP contribution is 2.67. The molecule has 3 saturated carbocycles. The van der Waals surface area contributed by atoms with Crippen LogP contribution in [0, 0.1) is 34.5 Å². The molecule has 4 rings (SSSR count). The summed E-state index contributed by atoms with van der Waals surface area (Å²) in [6.07, 6.45) is 4.81. The van der Waals surface area contributed by atoms with Crippen molar-refractivity contribution in [3.05, 3.63) is 11.6 Å². The summed E-state index contributed by atoms with van der Waals surface area (Å²) in [5.41, 5.74) is -0.260. The Hall–Kier alpha value is -1.04. The van der Waals surface area contributed by atoms with Gasteiger partial charge in [0.1, 0.15) is 5.78 Å². The first-order valence-corrected chi connectivity index (χ1v) is 9.93. The molecule has 0 aromatic heterocycles. The van der Waals surface area contributed by atoms with Crippen molar-refractivity contribution in [2.45, 2.75) is 71.2 Å². The summed E-state index contributed by atoms with van der Waals surface area (Å²) >= 11 is 0. The van der Waals surface area contributed by atoms with Gasteiger partial charge in [-0.15, -0.1) is 0 Å². The fourth-order valence-electron chi connectivity index (χ4n) is 7.36. The molecule has 3 fully saturated rings. The lowest BCUT2D eigenvalue weighted by molar-refractivity contribution is -0.299. The molecule has 0 spiro atoms. The first-order chi connectivity index (χ1) is 12.0. The quantitative estimate of drug-likeness (QED) is 0.620. The number of aliphatic hydroxyl groups is 3. The highest BCUT2D eigenvalue weighted by Gasteiger charge is 2.67. The van der Waals surface area contributed by atoms with Gasteiger partial charge in [0.15, 0.2) is 11.9 Å². The van der Waals surface area contributed by atoms with E-state index < -0.39 is 23.1 Å². The third-order valence-corrected chi connectivity index (χ3v) is 8.82. The second-order valence-corrected chi connectivity index (χ2v) is 9.60. The Morgan fingerprint density at radius 1 is 1.12 bits per heavy atom. The Labute approximate surface area is 154 Å². The van der Waals surface area contributed by atoms with E-state index in [4.69, 9.17) is 0 Å². The molecule has 0 saturated heterocycles. The molecule has 4 aliphatic rings. The van der Waals surface area contributed by atoms with Gasteiger partial charge >= 0.3 is 0 Å². The molecule has 4 aliphatic carbocycles. The van der Waals surface area contributed by atoms with Crippen LogP contribution in [0.3, 0.4) is 0 Å². The topological polar surface area (TPSA) is 94.8 Å². The van der Waals surface area contributed by atoms with Crippen LogP contribution in [0.15, 0.2) is 11.6 Å². The molecule has 3 N–H and O–H groups in total. The minimum Gasteiger partial charge on any atom is -0.379 e. The first-order valence-electron chi connectivity index (χ1n) is 9.93. The molecule has 0 amide bonds. The molecule has 0 radical (unpaired) electrons. The number of hydrogen-bond acceptors (Lipinski definition) is 5. The molecule has 144 valence electrons. The molecule has 0 aromatic rings. The Balaban J connectivity index is 1.75. The van der Waals surface area contributed by atoms with Crippen molar-refractivity contribution in [1.29, 1.82) is 0 Å². The van der Waals surface area contributed by atoms with Gasteiger partial charge in [-0.3, -0.25) is 9.59 Å². The molecule has 0 aliphatic heterocycles. The molecule has 0 aromatic carbocycles. The zero-order valence-electron chi connectivity index (χ0n) is 15.9. The molecular formula is C21H30O5. The van der Waals surface area contributed by atoms with Gasteiger partial charge in [0.2, 0.25) is 5.79 Å². The Morgan fingerprint density at radius 3 is 2.46 bits per heavy atom. The van der Waals surface area contributed by atoms with Crippen LogP contribution in [-0.2, 0) is 9.59 Å². The van der Waals surface area contributed by atoms with Crippen molar-refractivity contribution in [2.24, 2.45) is 34.5 Å². The van der Waals surface area contributed by atoms with Gasteiger partial charge < -0.3 is 15.3 Å². The number of aliphatic hydroxyl groups excluding tert-OH is 1. The van der Waals surface area contributed by atoms with E-state index in [0.29, 0.717) is 18.3 Å². The maximum atomic E-state index is 12.2. The normalized spacial score (nSPS) is 49.7. The second kappa shape index (κ2) is 5.49. The molecule has 5 nitrogen and oxygen atoms in total. The fraction of sp³-hybridized carbons (Fsp3) is 0.810. The molecule has 5 heteroatoms. The van der Waals surface area contributed by atoms with Crippen LogP contribution >= 0.6 is 0 Å². The van der Waals surface area contributed by atoms with Crippen LogP contribution in [-0.4, -0.2) is 38.8 Å². The summed E-state index contributed by atoms with van der Waals surface area (Å²) in [6, 6.07) is 0. The number of carbonyl (C=O) groups is 2. The number of fused-ring (bicyclic) bond motifs is 5. The number of Topliss-reactive ketones (excluding diaryl/α,β-unsaturated/α-hetero) is 1. The predicted molar refractivity (Wildman–Crippen MR) is 94.8 cm³/mol. The second-order valence-electron chi connectivity index (χ2n) is 9.60. The zero-order chi connectivity index (χ0) is 19.1. The van der Waals surface area contributed by atoms with Crippen LogP contribution in [0.1, 0.15) is 59.3 Å². The van der Waals surface area contributed by atoms with Crippen LogP contribution < -0.4 is 0 Å². The molecule has 7 atom stereocenters. The van der Waals surface area contributed by atoms with Crippen molar-refractivity contribution >= 4 is 11.6 Å². The van der Waals surface area contributed by atoms with Crippen molar-refractivity contribution < 1.29 is 24.9 Å². The molecular weight excluding hydrogens is 332 g/mol. The summed E-state index contributed by atoms with van der Waals surface area (Å²) < 4.78 is 0. The van der Waals surface area contributed by atoms with Gasteiger partial charge in [-0.05, 0) is 74.7 Å². The summed E-state index contributed by atoms with van der Waals surface area (Å²) in [7, 11) is 0. The van der Waals surface area contributed by atoms with E-state index in [1.54, 1.807) is 6.92 Å². The predicted octanol–water partition coefficient (Wildman–Crippen LogP) is 1.99. The number of ketones is 2. The number of carbonyl (C=O) groups excluding carboxylic acids is 2. The van der Waals surface area contributed by atoms with Crippen molar-refractivity contribution in [1.82, 2.24) is 0 Å². The van der Waals surface area contributed by atoms with E-state index in [1.807, 2.05) is 6.92 Å². The highest BCUT2D eigenvalue weighted by molar-refractivity contribution is 5.96. The van der Waals surface area contributed by atoms with Gasteiger partial charge in [0.25, 0.3) is 0 Å². The van der Waals surface area contributed by atoms with Crippen LogP contribution in [0.25, 0.3) is 0 Å². The minimum absolute atomic E-state index is 0.00373. The molecule has 26 heavy (non-hydrogen) atoms. The van der Waals surface area contributed by atoms with Gasteiger partial charge in [-0.25, -0.2) is 0 Å². The van der Waals surface area contributed by atoms with Crippen LogP contribution in [0.4, 0.5) is 0 Å². The van der Waals surface area contributed by atoms with Crippen molar-refractivity contribution in [3.8, 4) is 0 Å². The maximum absolute atomic E-state index is 12.2. The maximum Gasteiger partial charge on any atom is 0.206 e. The summed E-state index contributed by atoms with van der Waals surface area (Å²) in [5, 5.41) is 31.9. The third-order valence-electron chi connectivity index (χ3n) is 8.82. The fourth-order valence-corrected chi connectivity index (χ4v) is 7.36. The van der Waals surface area contributed by atoms with Crippen LogP contribution in [0.5, 0.6) is 0 Å². The smallest absolute Gasteiger partial charge is 0.206 e. The first kappa shape index (κ1) is 18.3. The van der Waals surface area contributed by atoms with E-state index in [-0.39, 0.29) is 23.0 Å². The van der Waals surface area contributed by atoms with E-state index in [2.05, 4.69) is 6.92 Å². The zero-order valence-corrected chi connectivity index (χ0v) is 15.9. The van der Waals surface area contributed by atoms with Crippen molar-refractivity contribution in [3.63, 3.8) is 0 Å². The van der Waals surface area contributed by atoms with Gasteiger partial charge in [-0.2, -0.15) is 0 Å². The minimum atomic E-state index is -2.44. The monoisotopic (exact) mass is 362 g/mol. The Bertz CT molecular complexity index is 695. The van der Waals surface area contributed by atoms with E-state index in [1.165, 1.54) is 6.08 Å². The Morgan fingerprint density at radius 2 is 1.81 bits per heavy atom. The van der Waals surface area contributed by atoms with E-state index in [9.17, 15) is 24.9 Å². The van der Waals surface area contributed by atoms with Gasteiger partial charge in [0.05, 0.1) is 0 Å². The van der Waals surface area contributed by atoms with Gasteiger partial charge in [-0.1, -0.05) is 19.4 Å². The van der Waals surface area contributed by atoms with Gasteiger partial charge in [0, 0.05) is 11.3 Å². The summed E-state index contributed by atoms with van der Waals surface area (Å²) in [4.78, 5) is 24.2. The van der Waals surface area contributed by atoms with E-state index >= 15 is 0 Å². The average molecular weight is 362 g/mol. The lowest BCUT2D eigenvalue weighted by atomic mass is 9.45. The van der Waals surface area contributed by atoms with Crippen LogP contribution in [0.2, 0.25) is 0 Å². The summed E-state index contributed by atoms with van der Waals surface area (Å²) in [6.45, 7) is 5.75.